The Balaban J connectivity index is 2.76. The summed E-state index contributed by atoms with van der Waals surface area (Å²) in [4.78, 5) is 0.817. The average Bonchev–Trinajstić information content (AvgIpc) is 2.34. The molecule has 2 atom stereocenters. The zero-order chi connectivity index (χ0) is 8.43. The molecule has 0 bridgehead atoms. The van der Waals surface area contributed by atoms with E-state index in [1.807, 2.05) is 0 Å². The molecule has 2 unspecified atom stereocenters. The standard InChI is InChI=1S/C7H8Cl2OS/c1-4(8)7(10)5-2-3-6(9)11-5/h2-4,7,10H,1H3. The summed E-state index contributed by atoms with van der Waals surface area (Å²) in [6, 6.07) is 3.54. The summed E-state index contributed by atoms with van der Waals surface area (Å²) in [5.41, 5.74) is 0. The van der Waals surface area contributed by atoms with Crippen LogP contribution in [-0.4, -0.2) is 10.5 Å². The predicted molar refractivity (Wildman–Crippen MR) is 49.6 cm³/mol. The van der Waals surface area contributed by atoms with Crippen molar-refractivity contribution in [3.8, 4) is 0 Å². The largest absolute Gasteiger partial charge is 0.386 e. The van der Waals surface area contributed by atoms with Gasteiger partial charge in [0.2, 0.25) is 0 Å². The van der Waals surface area contributed by atoms with Gasteiger partial charge in [-0.2, -0.15) is 0 Å². The highest BCUT2D eigenvalue weighted by molar-refractivity contribution is 7.16. The highest BCUT2D eigenvalue weighted by Crippen LogP contribution is 2.30. The zero-order valence-corrected chi connectivity index (χ0v) is 8.25. The summed E-state index contributed by atoms with van der Waals surface area (Å²) in [6.45, 7) is 1.75. The molecule has 4 heteroatoms. The molecule has 1 rings (SSSR count). The lowest BCUT2D eigenvalue weighted by Crippen LogP contribution is -2.05. The van der Waals surface area contributed by atoms with E-state index in [0.717, 1.165) is 4.88 Å². The van der Waals surface area contributed by atoms with Crippen LogP contribution in [0.5, 0.6) is 0 Å². The normalized spacial score (nSPS) is 16.4. The van der Waals surface area contributed by atoms with Crippen molar-refractivity contribution in [2.24, 2.45) is 0 Å². The van der Waals surface area contributed by atoms with Crippen LogP contribution in [0.25, 0.3) is 0 Å². The smallest absolute Gasteiger partial charge is 0.104 e. The van der Waals surface area contributed by atoms with Crippen LogP contribution >= 0.6 is 34.5 Å². The number of hydrogen-bond acceptors (Lipinski definition) is 2. The number of hydrogen-bond donors (Lipinski definition) is 1. The lowest BCUT2D eigenvalue weighted by atomic mass is 10.2. The van der Waals surface area contributed by atoms with Crippen molar-refractivity contribution in [1.82, 2.24) is 0 Å². The van der Waals surface area contributed by atoms with Gasteiger partial charge in [0.15, 0.2) is 0 Å². The van der Waals surface area contributed by atoms with Gasteiger partial charge in [0.05, 0.1) is 9.71 Å². The molecule has 1 aromatic heterocycles. The number of halogens is 2. The van der Waals surface area contributed by atoms with E-state index in [0.29, 0.717) is 4.34 Å². The Morgan fingerprint density at radius 1 is 1.55 bits per heavy atom. The quantitative estimate of drug-likeness (QED) is 0.745. The van der Waals surface area contributed by atoms with E-state index in [1.54, 1.807) is 19.1 Å². The molecule has 0 aromatic carbocycles. The van der Waals surface area contributed by atoms with Crippen molar-refractivity contribution in [2.45, 2.75) is 18.4 Å². The van der Waals surface area contributed by atoms with Crippen molar-refractivity contribution in [3.05, 3.63) is 21.3 Å². The van der Waals surface area contributed by atoms with Gasteiger partial charge in [0.25, 0.3) is 0 Å². The van der Waals surface area contributed by atoms with E-state index >= 15 is 0 Å². The summed E-state index contributed by atoms with van der Waals surface area (Å²) in [5.74, 6) is 0. The number of aliphatic hydroxyl groups is 1. The minimum absolute atomic E-state index is 0.273. The zero-order valence-electron chi connectivity index (χ0n) is 5.92. The summed E-state index contributed by atoms with van der Waals surface area (Å²) < 4.78 is 0.677. The molecule has 0 spiro atoms. The summed E-state index contributed by atoms with van der Waals surface area (Å²) in [7, 11) is 0. The van der Waals surface area contributed by atoms with Gasteiger partial charge in [-0.3, -0.25) is 0 Å². The van der Waals surface area contributed by atoms with Gasteiger partial charge in [-0.1, -0.05) is 11.6 Å². The van der Waals surface area contributed by atoms with Gasteiger partial charge < -0.3 is 5.11 Å². The van der Waals surface area contributed by atoms with E-state index in [9.17, 15) is 5.11 Å². The molecule has 0 radical (unpaired) electrons. The van der Waals surface area contributed by atoms with Crippen LogP contribution < -0.4 is 0 Å². The topological polar surface area (TPSA) is 20.2 Å². The maximum atomic E-state index is 9.43. The molecule has 0 amide bonds. The maximum absolute atomic E-state index is 9.43. The molecule has 1 N–H and O–H groups in total. The fraction of sp³-hybridized carbons (Fsp3) is 0.429. The van der Waals surface area contributed by atoms with Crippen molar-refractivity contribution >= 4 is 34.5 Å². The third kappa shape index (κ3) is 2.34. The third-order valence-electron chi connectivity index (χ3n) is 1.32. The monoisotopic (exact) mass is 210 g/mol. The summed E-state index contributed by atoms with van der Waals surface area (Å²) in [6.07, 6.45) is -0.603. The first-order valence-electron chi connectivity index (χ1n) is 3.18. The van der Waals surface area contributed by atoms with Crippen LogP contribution in [0.4, 0.5) is 0 Å². The van der Waals surface area contributed by atoms with E-state index < -0.39 is 6.10 Å². The van der Waals surface area contributed by atoms with Crippen LogP contribution in [-0.2, 0) is 0 Å². The van der Waals surface area contributed by atoms with E-state index in [4.69, 9.17) is 23.2 Å². The van der Waals surface area contributed by atoms with Gasteiger partial charge in [0, 0.05) is 4.88 Å². The van der Waals surface area contributed by atoms with E-state index in [-0.39, 0.29) is 5.38 Å². The second-order valence-electron chi connectivity index (χ2n) is 2.26. The minimum atomic E-state index is -0.603. The van der Waals surface area contributed by atoms with Crippen molar-refractivity contribution in [1.29, 1.82) is 0 Å². The molecular weight excluding hydrogens is 203 g/mol. The molecule has 62 valence electrons. The van der Waals surface area contributed by atoms with Crippen LogP contribution in [0, 0.1) is 0 Å². The van der Waals surface area contributed by atoms with Gasteiger partial charge in [0.1, 0.15) is 6.10 Å². The fourth-order valence-electron chi connectivity index (χ4n) is 0.714. The van der Waals surface area contributed by atoms with Crippen molar-refractivity contribution in [2.75, 3.05) is 0 Å². The van der Waals surface area contributed by atoms with Gasteiger partial charge in [-0.15, -0.1) is 22.9 Å². The third-order valence-corrected chi connectivity index (χ3v) is 2.86. The van der Waals surface area contributed by atoms with Crippen LogP contribution in [0.15, 0.2) is 12.1 Å². The van der Waals surface area contributed by atoms with Gasteiger partial charge in [-0.25, -0.2) is 0 Å². The average molecular weight is 211 g/mol. The lowest BCUT2D eigenvalue weighted by molar-refractivity contribution is 0.181. The number of alkyl halides is 1. The van der Waals surface area contributed by atoms with Crippen molar-refractivity contribution < 1.29 is 5.11 Å². The summed E-state index contributed by atoms with van der Waals surface area (Å²) in [5, 5.41) is 9.16. The molecule has 0 saturated heterocycles. The van der Waals surface area contributed by atoms with E-state index in [1.165, 1.54) is 11.3 Å². The number of aliphatic hydroxyl groups excluding tert-OH is 1. The molecule has 0 saturated carbocycles. The van der Waals surface area contributed by atoms with E-state index in [2.05, 4.69) is 0 Å². The minimum Gasteiger partial charge on any atom is -0.386 e. The maximum Gasteiger partial charge on any atom is 0.104 e. The van der Waals surface area contributed by atoms with Crippen LogP contribution in [0.3, 0.4) is 0 Å². The Morgan fingerprint density at radius 2 is 2.18 bits per heavy atom. The Morgan fingerprint density at radius 3 is 2.55 bits per heavy atom. The molecule has 0 aliphatic heterocycles. The molecule has 0 aliphatic carbocycles. The number of rotatable bonds is 2. The SMILES string of the molecule is CC(Cl)C(O)c1ccc(Cl)s1. The second-order valence-corrected chi connectivity index (χ2v) is 4.70. The Labute approximate surface area is 79.6 Å². The Hall–Kier alpha value is 0.240. The highest BCUT2D eigenvalue weighted by atomic mass is 35.5. The number of thiophene rings is 1. The second kappa shape index (κ2) is 3.76. The first-order valence-corrected chi connectivity index (χ1v) is 4.81. The molecule has 0 aliphatic rings. The van der Waals surface area contributed by atoms with Crippen molar-refractivity contribution in [3.63, 3.8) is 0 Å². The molecule has 11 heavy (non-hydrogen) atoms. The first-order chi connectivity index (χ1) is 5.11. The first kappa shape index (κ1) is 9.33. The Kier molecular flexibility index (Phi) is 3.19. The molecule has 1 aromatic rings. The molecule has 1 heterocycles. The lowest BCUT2D eigenvalue weighted by Gasteiger charge is -2.09. The molecule has 1 nitrogen and oxygen atoms in total. The highest BCUT2D eigenvalue weighted by Gasteiger charge is 2.15. The summed E-state index contributed by atoms with van der Waals surface area (Å²) >= 11 is 12.7. The molecular formula is C7H8Cl2OS. The van der Waals surface area contributed by atoms with Crippen LogP contribution in [0.1, 0.15) is 17.9 Å². The van der Waals surface area contributed by atoms with Gasteiger partial charge >= 0.3 is 0 Å². The van der Waals surface area contributed by atoms with Crippen LogP contribution in [0.2, 0.25) is 4.34 Å². The predicted octanol–water partition coefficient (Wildman–Crippen LogP) is 3.06. The fourth-order valence-corrected chi connectivity index (χ4v) is 2.08. The molecule has 0 fully saturated rings. The van der Waals surface area contributed by atoms with Gasteiger partial charge in [-0.05, 0) is 19.1 Å². The Bertz CT molecular complexity index is 234.